The van der Waals surface area contributed by atoms with Gasteiger partial charge in [0.1, 0.15) is 5.82 Å². The SMILES string of the molecule is O=C(O)c1nnc2ccccc2c1Sc1ccc(F)cc1. The van der Waals surface area contributed by atoms with E-state index in [-0.39, 0.29) is 11.5 Å². The number of hydrogen-bond acceptors (Lipinski definition) is 4. The minimum absolute atomic E-state index is 0.108. The summed E-state index contributed by atoms with van der Waals surface area (Å²) in [6.07, 6.45) is 0. The molecule has 0 fully saturated rings. The van der Waals surface area contributed by atoms with Gasteiger partial charge in [-0.2, -0.15) is 0 Å². The van der Waals surface area contributed by atoms with Crippen molar-refractivity contribution in [2.24, 2.45) is 0 Å². The summed E-state index contributed by atoms with van der Waals surface area (Å²) in [5, 5.41) is 17.7. The maximum Gasteiger partial charge on any atom is 0.357 e. The molecule has 3 rings (SSSR count). The first-order valence-electron chi connectivity index (χ1n) is 6.07. The Balaban J connectivity index is 2.16. The summed E-state index contributed by atoms with van der Waals surface area (Å²) in [6.45, 7) is 0. The van der Waals surface area contributed by atoms with Gasteiger partial charge in [0.25, 0.3) is 0 Å². The van der Waals surface area contributed by atoms with Crippen LogP contribution in [0, 0.1) is 5.82 Å². The van der Waals surface area contributed by atoms with Crippen LogP contribution in [0.4, 0.5) is 4.39 Å². The fraction of sp³-hybridized carbons (Fsp3) is 0. The average Bonchev–Trinajstić information content (AvgIpc) is 2.49. The van der Waals surface area contributed by atoms with Gasteiger partial charge in [-0.1, -0.05) is 30.0 Å². The van der Waals surface area contributed by atoms with Crippen LogP contribution < -0.4 is 0 Å². The molecule has 0 unspecified atom stereocenters. The number of fused-ring (bicyclic) bond motifs is 1. The standard InChI is InChI=1S/C15H9FN2O2S/c16-9-5-7-10(8-6-9)21-14-11-3-1-2-4-12(11)17-18-13(14)15(19)20/h1-8H,(H,19,20). The van der Waals surface area contributed by atoms with E-state index in [1.165, 1.54) is 23.9 Å². The molecule has 2 aromatic carbocycles. The Morgan fingerprint density at radius 2 is 1.76 bits per heavy atom. The number of benzene rings is 2. The molecule has 21 heavy (non-hydrogen) atoms. The third-order valence-electron chi connectivity index (χ3n) is 2.86. The Hall–Kier alpha value is -2.47. The fourth-order valence-corrected chi connectivity index (χ4v) is 2.91. The van der Waals surface area contributed by atoms with E-state index in [4.69, 9.17) is 0 Å². The summed E-state index contributed by atoms with van der Waals surface area (Å²) in [5.74, 6) is -1.48. The van der Waals surface area contributed by atoms with Crippen LogP contribution in [0.1, 0.15) is 10.5 Å². The van der Waals surface area contributed by atoms with E-state index in [1.807, 2.05) is 12.1 Å². The number of hydrogen-bond donors (Lipinski definition) is 1. The Morgan fingerprint density at radius 3 is 2.48 bits per heavy atom. The van der Waals surface area contributed by atoms with Gasteiger partial charge >= 0.3 is 5.97 Å². The van der Waals surface area contributed by atoms with Gasteiger partial charge in [0.05, 0.1) is 10.4 Å². The lowest BCUT2D eigenvalue weighted by Crippen LogP contribution is -2.05. The smallest absolute Gasteiger partial charge is 0.357 e. The van der Waals surface area contributed by atoms with Crippen molar-refractivity contribution < 1.29 is 14.3 Å². The highest BCUT2D eigenvalue weighted by molar-refractivity contribution is 7.99. The normalized spacial score (nSPS) is 10.7. The van der Waals surface area contributed by atoms with E-state index in [1.54, 1.807) is 24.3 Å². The van der Waals surface area contributed by atoms with Crippen molar-refractivity contribution in [1.29, 1.82) is 0 Å². The highest BCUT2D eigenvalue weighted by Gasteiger charge is 2.17. The van der Waals surface area contributed by atoms with Crippen molar-refractivity contribution >= 4 is 28.6 Å². The summed E-state index contributed by atoms with van der Waals surface area (Å²) in [7, 11) is 0. The Morgan fingerprint density at radius 1 is 1.05 bits per heavy atom. The van der Waals surface area contributed by atoms with Crippen LogP contribution in [0.15, 0.2) is 58.3 Å². The first kappa shape index (κ1) is 13.5. The second kappa shape index (κ2) is 5.49. The van der Waals surface area contributed by atoms with Gasteiger partial charge in [0, 0.05) is 10.3 Å². The maximum absolute atomic E-state index is 13.0. The minimum atomic E-state index is -1.14. The number of rotatable bonds is 3. The summed E-state index contributed by atoms with van der Waals surface area (Å²) in [5.41, 5.74) is 0.509. The maximum atomic E-state index is 13.0. The number of aromatic nitrogens is 2. The molecule has 0 aliphatic carbocycles. The molecule has 0 atom stereocenters. The number of carbonyl (C=O) groups is 1. The molecule has 0 saturated carbocycles. The largest absolute Gasteiger partial charge is 0.476 e. The lowest BCUT2D eigenvalue weighted by atomic mass is 10.2. The number of carboxylic acid groups (broad SMARTS) is 1. The van der Waals surface area contributed by atoms with E-state index in [9.17, 15) is 14.3 Å². The van der Waals surface area contributed by atoms with Gasteiger partial charge in [0.15, 0.2) is 5.69 Å². The van der Waals surface area contributed by atoms with Crippen LogP contribution in [-0.2, 0) is 0 Å². The van der Waals surface area contributed by atoms with Gasteiger partial charge in [-0.3, -0.25) is 0 Å². The molecule has 0 spiro atoms. The zero-order valence-corrected chi connectivity index (χ0v) is 11.5. The summed E-state index contributed by atoms with van der Waals surface area (Å²) >= 11 is 1.23. The number of aromatic carboxylic acids is 1. The molecule has 0 radical (unpaired) electrons. The Kier molecular flexibility index (Phi) is 3.53. The van der Waals surface area contributed by atoms with Crippen molar-refractivity contribution in [3.63, 3.8) is 0 Å². The van der Waals surface area contributed by atoms with E-state index in [0.717, 1.165) is 4.90 Å². The molecule has 0 amide bonds. The predicted octanol–water partition coefficient (Wildman–Crippen LogP) is 3.62. The van der Waals surface area contributed by atoms with Gasteiger partial charge < -0.3 is 5.11 Å². The molecule has 0 aliphatic rings. The molecule has 1 N–H and O–H groups in total. The van der Waals surface area contributed by atoms with Gasteiger partial charge in [0.2, 0.25) is 0 Å². The zero-order chi connectivity index (χ0) is 14.8. The summed E-state index contributed by atoms with van der Waals surface area (Å²) in [4.78, 5) is 12.6. The predicted molar refractivity (Wildman–Crippen MR) is 77.0 cm³/mol. The number of nitrogens with zero attached hydrogens (tertiary/aromatic N) is 2. The third kappa shape index (κ3) is 2.71. The van der Waals surface area contributed by atoms with Crippen molar-refractivity contribution in [3.05, 3.63) is 60.0 Å². The molecular formula is C15H9FN2O2S. The number of carboxylic acids is 1. The average molecular weight is 300 g/mol. The first-order chi connectivity index (χ1) is 10.1. The lowest BCUT2D eigenvalue weighted by Gasteiger charge is -2.08. The van der Waals surface area contributed by atoms with E-state index in [0.29, 0.717) is 15.8 Å². The second-order valence-corrected chi connectivity index (χ2v) is 5.34. The Bertz CT molecular complexity index is 822. The van der Waals surface area contributed by atoms with Crippen molar-refractivity contribution in [1.82, 2.24) is 10.2 Å². The molecule has 3 aromatic rings. The van der Waals surface area contributed by atoms with Crippen LogP contribution in [0.5, 0.6) is 0 Å². The third-order valence-corrected chi connectivity index (χ3v) is 3.98. The topological polar surface area (TPSA) is 63.1 Å². The first-order valence-corrected chi connectivity index (χ1v) is 6.89. The van der Waals surface area contributed by atoms with E-state index in [2.05, 4.69) is 10.2 Å². The second-order valence-electron chi connectivity index (χ2n) is 4.26. The lowest BCUT2D eigenvalue weighted by molar-refractivity contribution is 0.0685. The molecule has 0 aliphatic heterocycles. The molecule has 1 heterocycles. The molecule has 0 saturated heterocycles. The highest BCUT2D eigenvalue weighted by Crippen LogP contribution is 2.34. The molecular weight excluding hydrogens is 291 g/mol. The quantitative estimate of drug-likeness (QED) is 0.800. The van der Waals surface area contributed by atoms with Crippen LogP contribution in [0.25, 0.3) is 10.9 Å². The summed E-state index contributed by atoms with van der Waals surface area (Å²) < 4.78 is 13.0. The molecule has 104 valence electrons. The van der Waals surface area contributed by atoms with Crippen molar-refractivity contribution in [2.45, 2.75) is 9.79 Å². The van der Waals surface area contributed by atoms with Crippen LogP contribution in [-0.4, -0.2) is 21.3 Å². The number of halogens is 1. The van der Waals surface area contributed by atoms with Crippen LogP contribution in [0.2, 0.25) is 0 Å². The van der Waals surface area contributed by atoms with E-state index >= 15 is 0 Å². The van der Waals surface area contributed by atoms with Gasteiger partial charge in [-0.05, 0) is 30.3 Å². The van der Waals surface area contributed by atoms with Gasteiger partial charge in [-0.15, -0.1) is 10.2 Å². The van der Waals surface area contributed by atoms with Gasteiger partial charge in [-0.25, -0.2) is 9.18 Å². The van der Waals surface area contributed by atoms with Crippen LogP contribution >= 0.6 is 11.8 Å². The molecule has 4 nitrogen and oxygen atoms in total. The summed E-state index contributed by atoms with van der Waals surface area (Å²) in [6, 6.07) is 13.0. The fourth-order valence-electron chi connectivity index (χ4n) is 1.89. The molecule has 1 aromatic heterocycles. The van der Waals surface area contributed by atoms with E-state index < -0.39 is 5.97 Å². The van der Waals surface area contributed by atoms with Crippen molar-refractivity contribution in [3.8, 4) is 0 Å². The highest BCUT2D eigenvalue weighted by atomic mass is 32.2. The van der Waals surface area contributed by atoms with Crippen molar-refractivity contribution in [2.75, 3.05) is 0 Å². The van der Waals surface area contributed by atoms with Crippen LogP contribution in [0.3, 0.4) is 0 Å². The molecule has 0 bridgehead atoms. The molecule has 6 heteroatoms. The minimum Gasteiger partial charge on any atom is -0.476 e. The monoisotopic (exact) mass is 300 g/mol. The Labute approximate surface area is 123 Å². The zero-order valence-electron chi connectivity index (χ0n) is 10.7.